The van der Waals surface area contributed by atoms with Gasteiger partial charge in [-0.25, -0.2) is 0 Å². The molecule has 14 nitrogen and oxygen atoms in total. The van der Waals surface area contributed by atoms with Crippen LogP contribution in [0.25, 0.3) is 0 Å². The molecule has 68 heavy (non-hydrogen) atoms. The van der Waals surface area contributed by atoms with Crippen LogP contribution in [0.1, 0.15) is 154 Å². The summed E-state index contributed by atoms with van der Waals surface area (Å²) in [6.07, 6.45) is 15.2. The Kier molecular flexibility index (Phi) is 13.7. The second-order valence-electron chi connectivity index (χ2n) is 25.1. The standard InChI is InChI=1S/C52H82N4O10S2/c1-29(7-13-45(59)53-19-21-67(61,62)63)33-9-11-35-47-37(15-17-49(33,35)3)51(5)27-41-39(23-31(51)25-43(47)57)56-42-28-52(6)32(24-40(42)55-41)26-44(58)48-36-12-10-34(50(36,4)18-16-38(48)52)30(2)8-14-46(60)54-20-22-68(64,65)66/h29-38,43-44,47-48,57-58H,7-28H2,1-6H3,(H,53,59)(H,54,60)(H,61,62,63)(H,64,65,66)/t29-,30-,31?,32?,33+,34+,35-,36+,37-,38+,43-,44+,47-,48+,49+,50-,51-,52+/m0/s1. The molecule has 6 saturated carbocycles. The lowest BCUT2D eigenvalue weighted by Gasteiger charge is -2.62. The number of aliphatic hydroxyl groups excluding tert-OH is 2. The number of rotatable bonds is 14. The summed E-state index contributed by atoms with van der Waals surface area (Å²) in [4.78, 5) is 36.3. The summed E-state index contributed by atoms with van der Waals surface area (Å²) in [6, 6.07) is 0. The number of carbonyl (C=O) groups excluding carboxylic acids is 2. The molecular weight excluding hydrogens is 905 g/mol. The van der Waals surface area contributed by atoms with E-state index in [2.05, 4.69) is 52.2 Å². The molecule has 0 spiro atoms. The molecule has 1 aromatic rings. The Morgan fingerprint density at radius 3 is 1.32 bits per heavy atom. The van der Waals surface area contributed by atoms with Gasteiger partial charge in [-0.05, 0) is 195 Å². The van der Waals surface area contributed by atoms with Crippen molar-refractivity contribution in [1.82, 2.24) is 20.6 Å². The quantitative estimate of drug-likeness (QED) is 0.111. The molecule has 0 radical (unpaired) electrons. The first-order chi connectivity index (χ1) is 31.8. The van der Waals surface area contributed by atoms with Gasteiger partial charge in [0.2, 0.25) is 11.8 Å². The first-order valence-corrected chi connectivity index (χ1v) is 29.7. The largest absolute Gasteiger partial charge is 0.393 e. The van der Waals surface area contributed by atoms with Gasteiger partial charge in [0.15, 0.2) is 0 Å². The van der Waals surface area contributed by atoms with Crippen LogP contribution >= 0.6 is 0 Å². The molecule has 0 saturated heterocycles. The van der Waals surface area contributed by atoms with Gasteiger partial charge in [-0.1, -0.05) is 41.5 Å². The molecular formula is C52H82N4O10S2. The van der Waals surface area contributed by atoms with Crippen LogP contribution in [0.5, 0.6) is 0 Å². The Morgan fingerprint density at radius 1 is 0.588 bits per heavy atom. The topological polar surface area (TPSA) is 233 Å². The van der Waals surface area contributed by atoms with Gasteiger partial charge in [0.25, 0.3) is 20.2 Å². The molecule has 9 rings (SSSR count). The minimum absolute atomic E-state index is 0.0198. The number of nitrogens with zero attached hydrogens (tertiary/aromatic N) is 2. The number of hydrogen-bond donors (Lipinski definition) is 6. The van der Waals surface area contributed by atoms with Crippen LogP contribution in [0.3, 0.4) is 0 Å². The Morgan fingerprint density at radius 2 is 0.956 bits per heavy atom. The van der Waals surface area contributed by atoms with Crippen molar-refractivity contribution in [3.05, 3.63) is 22.8 Å². The van der Waals surface area contributed by atoms with Crippen molar-refractivity contribution in [3.8, 4) is 0 Å². The van der Waals surface area contributed by atoms with Gasteiger partial charge in [0, 0.05) is 25.9 Å². The van der Waals surface area contributed by atoms with Crippen LogP contribution in [0.15, 0.2) is 0 Å². The molecule has 8 aliphatic carbocycles. The number of hydrogen-bond acceptors (Lipinski definition) is 10. The minimum Gasteiger partial charge on any atom is -0.393 e. The highest BCUT2D eigenvalue weighted by molar-refractivity contribution is 7.86. The van der Waals surface area contributed by atoms with E-state index in [1.165, 1.54) is 0 Å². The molecule has 2 unspecified atom stereocenters. The maximum absolute atomic E-state index is 12.6. The van der Waals surface area contributed by atoms with Crippen LogP contribution in [0.4, 0.5) is 0 Å². The van der Waals surface area contributed by atoms with Gasteiger partial charge in [-0.15, -0.1) is 0 Å². The minimum atomic E-state index is -4.12. The number of fused-ring (bicyclic) bond motifs is 12. The highest BCUT2D eigenvalue weighted by atomic mass is 32.2. The van der Waals surface area contributed by atoms with Gasteiger partial charge in [0.1, 0.15) is 0 Å². The summed E-state index contributed by atoms with van der Waals surface area (Å²) in [5.41, 5.74) is 4.80. The molecule has 18 atom stereocenters. The second-order valence-corrected chi connectivity index (χ2v) is 28.3. The Hall–Kier alpha value is -2.24. The molecule has 6 fully saturated rings. The lowest BCUT2D eigenvalue weighted by molar-refractivity contribution is -0.158. The van der Waals surface area contributed by atoms with E-state index in [0.717, 1.165) is 126 Å². The molecule has 8 aliphatic rings. The Bertz CT molecular complexity index is 2170. The average Bonchev–Trinajstić information content (AvgIpc) is 3.79. The first kappa shape index (κ1) is 50.7. The van der Waals surface area contributed by atoms with Crippen LogP contribution < -0.4 is 10.6 Å². The van der Waals surface area contributed by atoms with E-state index < -0.39 is 31.7 Å². The molecule has 16 heteroatoms. The number of carbonyl (C=O) groups is 2. The molecule has 1 heterocycles. The molecule has 0 aromatic carbocycles. The molecule has 6 N–H and O–H groups in total. The monoisotopic (exact) mass is 987 g/mol. The number of nitrogens with one attached hydrogen (secondary N) is 2. The van der Waals surface area contributed by atoms with Crippen molar-refractivity contribution in [1.29, 1.82) is 0 Å². The summed E-state index contributed by atoms with van der Waals surface area (Å²) in [5.74, 6) is 2.98. The normalized spacial score (nSPS) is 42.4. The fourth-order valence-electron chi connectivity index (χ4n) is 18.5. The number of aromatic nitrogens is 2. The molecule has 2 amide bonds. The molecule has 0 aliphatic heterocycles. The summed E-state index contributed by atoms with van der Waals surface area (Å²) in [7, 11) is -8.24. The SMILES string of the molecule is C[C@@H](CCC(=O)NCCS(=O)(=O)O)[C@H]1CC[C@@H]2[C@H]3[C@H](O)CC4Cc5nc6c(nc5C[C@@]4(C)[C@@H]3CC[C@]21C)CC1C[C@H](O)[C@H]2[C@@H]3CC[C@H]([C@@H](C)CCC(=O)NCCS(=O)(=O)O)[C@@]3(C)CC[C@@H]2[C@@]1(C)C6. The van der Waals surface area contributed by atoms with Gasteiger partial charge in [-0.2, -0.15) is 16.8 Å². The fourth-order valence-corrected chi connectivity index (χ4v) is 19.2. The van der Waals surface area contributed by atoms with Crippen molar-refractivity contribution < 1.29 is 45.7 Å². The highest BCUT2D eigenvalue weighted by Gasteiger charge is 2.65. The second kappa shape index (κ2) is 18.4. The number of amides is 2. The van der Waals surface area contributed by atoms with E-state index in [1.54, 1.807) is 0 Å². The molecule has 1 aromatic heterocycles. The van der Waals surface area contributed by atoms with Gasteiger partial charge < -0.3 is 20.8 Å². The summed E-state index contributed by atoms with van der Waals surface area (Å²) >= 11 is 0. The smallest absolute Gasteiger partial charge is 0.266 e. The highest BCUT2D eigenvalue weighted by Crippen LogP contribution is 2.70. The zero-order valence-corrected chi connectivity index (χ0v) is 43.2. The van der Waals surface area contributed by atoms with E-state index in [0.29, 0.717) is 72.0 Å². The van der Waals surface area contributed by atoms with Crippen molar-refractivity contribution in [2.24, 2.45) is 92.7 Å². The van der Waals surface area contributed by atoms with Crippen molar-refractivity contribution in [2.75, 3.05) is 24.6 Å². The van der Waals surface area contributed by atoms with Gasteiger partial charge >= 0.3 is 0 Å². The predicted molar refractivity (Wildman–Crippen MR) is 258 cm³/mol. The van der Waals surface area contributed by atoms with E-state index in [4.69, 9.17) is 19.1 Å². The lowest BCUT2D eigenvalue weighted by Crippen LogP contribution is -2.60. The Balaban J connectivity index is 0.856. The van der Waals surface area contributed by atoms with Crippen LogP contribution in [0.2, 0.25) is 0 Å². The summed E-state index contributed by atoms with van der Waals surface area (Å²) in [5, 5.41) is 29.7. The van der Waals surface area contributed by atoms with Crippen LogP contribution in [-0.2, 0) is 55.5 Å². The van der Waals surface area contributed by atoms with Crippen LogP contribution in [-0.4, -0.2) is 94.7 Å². The zero-order valence-electron chi connectivity index (χ0n) is 41.6. The van der Waals surface area contributed by atoms with Gasteiger partial charge in [-0.3, -0.25) is 28.7 Å². The van der Waals surface area contributed by atoms with E-state index in [1.807, 2.05) is 0 Å². The van der Waals surface area contributed by atoms with Gasteiger partial charge in [0.05, 0.1) is 46.5 Å². The summed E-state index contributed by atoms with van der Waals surface area (Å²) < 4.78 is 62.5. The number of aliphatic hydroxyl groups is 2. The maximum Gasteiger partial charge on any atom is 0.266 e. The van der Waals surface area contributed by atoms with Crippen molar-refractivity contribution in [2.45, 2.75) is 169 Å². The van der Waals surface area contributed by atoms with E-state index >= 15 is 0 Å². The zero-order chi connectivity index (χ0) is 48.9. The third-order valence-corrected chi connectivity index (χ3v) is 23.3. The average molecular weight is 987 g/mol. The molecule has 0 bridgehead atoms. The van der Waals surface area contributed by atoms with Crippen molar-refractivity contribution in [3.63, 3.8) is 0 Å². The van der Waals surface area contributed by atoms with Crippen LogP contribution in [0, 0.1) is 92.7 Å². The lowest BCUT2D eigenvalue weighted by atomic mass is 9.43. The Labute approximate surface area is 406 Å². The maximum atomic E-state index is 12.6. The van der Waals surface area contributed by atoms with Crippen molar-refractivity contribution >= 4 is 32.1 Å². The third-order valence-electron chi connectivity index (χ3n) is 21.9. The third kappa shape index (κ3) is 9.14. The fraction of sp³-hybridized carbons (Fsp3) is 0.885. The summed E-state index contributed by atoms with van der Waals surface area (Å²) in [6.45, 7) is 14.2. The van der Waals surface area contributed by atoms with E-state index in [-0.39, 0.29) is 70.6 Å². The first-order valence-electron chi connectivity index (χ1n) is 26.5. The molecule has 382 valence electrons. The van der Waals surface area contributed by atoms with E-state index in [9.17, 15) is 36.6 Å². The predicted octanol–water partition coefficient (Wildman–Crippen LogP) is 6.41.